The van der Waals surface area contributed by atoms with Gasteiger partial charge in [-0.1, -0.05) is 37.3 Å². The van der Waals surface area contributed by atoms with Gasteiger partial charge in [0.1, 0.15) is 0 Å². The summed E-state index contributed by atoms with van der Waals surface area (Å²) in [6, 6.07) is 10.5. The zero-order valence-electron chi connectivity index (χ0n) is 13.4. The second-order valence-corrected chi connectivity index (χ2v) is 5.23. The highest BCUT2D eigenvalue weighted by Crippen LogP contribution is 2.14. The number of hydrogen-bond donors (Lipinski definition) is 1. The summed E-state index contributed by atoms with van der Waals surface area (Å²) < 4.78 is 5.22. The average molecular weight is 292 g/mol. The Bertz CT molecular complexity index is 405. The van der Waals surface area contributed by atoms with Gasteiger partial charge in [0.2, 0.25) is 5.91 Å². The molecule has 0 aliphatic heterocycles. The number of carbonyl (C=O) groups excluding carboxylic acids is 1. The van der Waals surface area contributed by atoms with Crippen LogP contribution in [0.15, 0.2) is 30.3 Å². The van der Waals surface area contributed by atoms with Crippen LogP contribution in [0.4, 0.5) is 0 Å². The number of ether oxygens (including phenoxy) is 1. The van der Waals surface area contributed by atoms with Gasteiger partial charge in [0.15, 0.2) is 0 Å². The number of carbonyl (C=O) groups is 1. The lowest BCUT2D eigenvalue weighted by atomic mass is 10.0. The van der Waals surface area contributed by atoms with Gasteiger partial charge in [0, 0.05) is 26.2 Å². The number of benzene rings is 1. The minimum absolute atomic E-state index is 0.123. The number of amides is 1. The van der Waals surface area contributed by atoms with Crippen molar-refractivity contribution < 1.29 is 9.53 Å². The molecule has 1 aromatic rings. The second-order valence-electron chi connectivity index (χ2n) is 5.23. The molecule has 4 nitrogen and oxygen atoms in total. The lowest BCUT2D eigenvalue weighted by molar-refractivity contribution is -0.135. The lowest BCUT2D eigenvalue weighted by Crippen LogP contribution is -2.43. The first-order chi connectivity index (χ1) is 10.2. The molecule has 0 bridgehead atoms. The normalized spacial score (nSPS) is 13.7. The van der Waals surface area contributed by atoms with Crippen LogP contribution in [-0.2, 0) is 16.0 Å². The predicted molar refractivity (Wildman–Crippen MR) is 86.1 cm³/mol. The van der Waals surface area contributed by atoms with E-state index >= 15 is 0 Å². The summed E-state index contributed by atoms with van der Waals surface area (Å²) in [5.74, 6) is 0.123. The maximum Gasteiger partial charge on any atom is 0.225 e. The van der Waals surface area contributed by atoms with Crippen LogP contribution in [0, 0.1) is 0 Å². The summed E-state index contributed by atoms with van der Waals surface area (Å²) in [7, 11) is 1.60. The van der Waals surface area contributed by atoms with Gasteiger partial charge < -0.3 is 15.4 Å². The highest BCUT2D eigenvalue weighted by molar-refractivity contribution is 5.77. The van der Waals surface area contributed by atoms with Crippen LogP contribution in [0.1, 0.15) is 32.3 Å². The SMILES string of the molecule is CCC(Cc1ccccc1)N(CC)C(=O)CC(CN)OC. The standard InChI is InChI=1S/C17H28N2O2/c1-4-15(11-14-9-7-6-8-10-14)19(5-2)17(20)12-16(13-18)21-3/h6-10,15-16H,4-5,11-13,18H2,1-3H3. The number of likely N-dealkylation sites (N-methyl/N-ethyl adjacent to an activating group) is 1. The van der Waals surface area contributed by atoms with Crippen LogP contribution in [-0.4, -0.2) is 43.2 Å². The Kier molecular flexibility index (Phi) is 8.01. The number of nitrogens with zero attached hydrogens (tertiary/aromatic N) is 1. The van der Waals surface area contributed by atoms with Crippen LogP contribution < -0.4 is 5.73 Å². The van der Waals surface area contributed by atoms with Crippen molar-refractivity contribution in [2.24, 2.45) is 5.73 Å². The molecule has 0 aliphatic rings. The van der Waals surface area contributed by atoms with Gasteiger partial charge in [-0.2, -0.15) is 0 Å². The molecule has 0 heterocycles. The van der Waals surface area contributed by atoms with Crippen LogP contribution in [0.5, 0.6) is 0 Å². The minimum atomic E-state index is -0.194. The van der Waals surface area contributed by atoms with Crippen molar-refractivity contribution in [3.8, 4) is 0 Å². The monoisotopic (exact) mass is 292 g/mol. The molecule has 2 atom stereocenters. The maximum atomic E-state index is 12.5. The third-order valence-electron chi connectivity index (χ3n) is 3.89. The van der Waals surface area contributed by atoms with E-state index in [0.29, 0.717) is 19.5 Å². The van der Waals surface area contributed by atoms with Gasteiger partial charge in [-0.3, -0.25) is 4.79 Å². The Morgan fingerprint density at radius 1 is 1.29 bits per heavy atom. The minimum Gasteiger partial charge on any atom is -0.380 e. The van der Waals surface area contributed by atoms with E-state index in [1.54, 1.807) is 7.11 Å². The van der Waals surface area contributed by atoms with E-state index in [1.165, 1.54) is 5.56 Å². The molecule has 0 radical (unpaired) electrons. The fourth-order valence-electron chi connectivity index (χ4n) is 2.57. The number of nitrogens with two attached hydrogens (primary N) is 1. The molecule has 1 rings (SSSR count). The molecule has 0 fully saturated rings. The topological polar surface area (TPSA) is 55.6 Å². The molecule has 0 spiro atoms. The molecule has 2 N–H and O–H groups in total. The molecule has 0 aromatic heterocycles. The molecule has 0 aliphatic carbocycles. The first-order valence-corrected chi connectivity index (χ1v) is 7.72. The summed E-state index contributed by atoms with van der Waals surface area (Å²) in [6.07, 6.45) is 1.98. The molecular formula is C17H28N2O2. The second kappa shape index (κ2) is 9.53. The molecule has 1 aromatic carbocycles. The zero-order valence-corrected chi connectivity index (χ0v) is 13.4. The third-order valence-corrected chi connectivity index (χ3v) is 3.89. The first-order valence-electron chi connectivity index (χ1n) is 7.72. The van der Waals surface area contributed by atoms with Gasteiger partial charge in [-0.25, -0.2) is 0 Å². The quantitative estimate of drug-likeness (QED) is 0.759. The largest absolute Gasteiger partial charge is 0.380 e. The predicted octanol–water partition coefficient (Wildman–Crippen LogP) is 2.22. The third kappa shape index (κ3) is 5.48. The van der Waals surface area contributed by atoms with E-state index in [9.17, 15) is 4.79 Å². The van der Waals surface area contributed by atoms with Crippen molar-refractivity contribution in [1.29, 1.82) is 0 Å². The summed E-state index contributed by atoms with van der Waals surface area (Å²) in [6.45, 7) is 5.23. The molecule has 2 unspecified atom stereocenters. The fourth-order valence-corrected chi connectivity index (χ4v) is 2.57. The van der Waals surface area contributed by atoms with E-state index in [1.807, 2.05) is 30.0 Å². The number of methoxy groups -OCH3 is 1. The Labute approximate surface area is 128 Å². The van der Waals surface area contributed by atoms with E-state index in [4.69, 9.17) is 10.5 Å². The fraction of sp³-hybridized carbons (Fsp3) is 0.588. The summed E-state index contributed by atoms with van der Waals surface area (Å²) in [4.78, 5) is 14.4. The van der Waals surface area contributed by atoms with Crippen molar-refractivity contribution in [2.45, 2.75) is 45.3 Å². The molecule has 118 valence electrons. The van der Waals surface area contributed by atoms with E-state index in [2.05, 4.69) is 19.1 Å². The first kappa shape index (κ1) is 17.7. The molecule has 0 saturated carbocycles. The summed E-state index contributed by atoms with van der Waals surface area (Å²) in [5.41, 5.74) is 6.87. The summed E-state index contributed by atoms with van der Waals surface area (Å²) in [5, 5.41) is 0. The van der Waals surface area contributed by atoms with Gasteiger partial charge in [-0.05, 0) is 25.3 Å². The molecule has 1 amide bonds. The highest BCUT2D eigenvalue weighted by atomic mass is 16.5. The number of hydrogen-bond acceptors (Lipinski definition) is 3. The molecular weight excluding hydrogens is 264 g/mol. The van der Waals surface area contributed by atoms with Crippen LogP contribution in [0.2, 0.25) is 0 Å². The average Bonchev–Trinajstić information content (AvgIpc) is 2.53. The lowest BCUT2D eigenvalue weighted by Gasteiger charge is -2.31. The molecule has 0 saturated heterocycles. The van der Waals surface area contributed by atoms with Crippen LogP contribution in [0.3, 0.4) is 0 Å². The Morgan fingerprint density at radius 2 is 1.95 bits per heavy atom. The molecule has 4 heteroatoms. The van der Waals surface area contributed by atoms with E-state index in [-0.39, 0.29) is 18.1 Å². The van der Waals surface area contributed by atoms with Crippen molar-refractivity contribution >= 4 is 5.91 Å². The Balaban J connectivity index is 2.72. The Hall–Kier alpha value is -1.39. The summed E-state index contributed by atoms with van der Waals surface area (Å²) >= 11 is 0. The van der Waals surface area contributed by atoms with Gasteiger partial charge in [0.05, 0.1) is 12.5 Å². The highest BCUT2D eigenvalue weighted by Gasteiger charge is 2.23. The number of rotatable bonds is 9. The van der Waals surface area contributed by atoms with Gasteiger partial charge in [-0.15, -0.1) is 0 Å². The smallest absolute Gasteiger partial charge is 0.225 e. The van der Waals surface area contributed by atoms with Crippen molar-refractivity contribution in [3.05, 3.63) is 35.9 Å². The molecule has 21 heavy (non-hydrogen) atoms. The van der Waals surface area contributed by atoms with Gasteiger partial charge in [0.25, 0.3) is 0 Å². The van der Waals surface area contributed by atoms with E-state index in [0.717, 1.165) is 12.8 Å². The van der Waals surface area contributed by atoms with Crippen molar-refractivity contribution in [1.82, 2.24) is 4.90 Å². The van der Waals surface area contributed by atoms with Crippen molar-refractivity contribution in [2.75, 3.05) is 20.2 Å². The van der Waals surface area contributed by atoms with Gasteiger partial charge >= 0.3 is 0 Å². The Morgan fingerprint density at radius 3 is 2.43 bits per heavy atom. The van der Waals surface area contributed by atoms with Crippen LogP contribution in [0.25, 0.3) is 0 Å². The zero-order chi connectivity index (χ0) is 15.7. The van der Waals surface area contributed by atoms with Crippen LogP contribution >= 0.6 is 0 Å². The van der Waals surface area contributed by atoms with E-state index < -0.39 is 0 Å². The van der Waals surface area contributed by atoms with Crippen molar-refractivity contribution in [3.63, 3.8) is 0 Å². The maximum absolute atomic E-state index is 12.5.